The molecule has 2 spiro atoms. The van der Waals surface area contributed by atoms with Gasteiger partial charge in [0.15, 0.2) is 0 Å². The monoisotopic (exact) mass is 1100 g/mol. The normalized spacial score (nSPS) is 19.3. The lowest BCUT2D eigenvalue weighted by Crippen LogP contribution is -2.25. The molecule has 5 aliphatic carbocycles. The molecule has 0 radical (unpaired) electrons. The van der Waals surface area contributed by atoms with Crippen LogP contribution in [0.15, 0.2) is 267 Å². The minimum Gasteiger partial charge on any atom is -0.310 e. The van der Waals surface area contributed by atoms with E-state index < -0.39 is 0 Å². The Bertz CT molecular complexity index is 4810. The quantitative estimate of drug-likeness (QED) is 0.162. The lowest BCUT2D eigenvalue weighted by molar-refractivity contribution is 0.531. The summed E-state index contributed by atoms with van der Waals surface area (Å²) in [6.07, 6.45) is 17.8. The van der Waals surface area contributed by atoms with Crippen LogP contribution in [-0.2, 0) is 49.4 Å². The highest BCUT2D eigenvalue weighted by molar-refractivity contribution is 6.23. The molecule has 0 aromatic heterocycles. The zero-order valence-electron chi connectivity index (χ0n) is 48.1. The van der Waals surface area contributed by atoms with Crippen molar-refractivity contribution in [2.45, 2.75) is 62.2 Å². The summed E-state index contributed by atoms with van der Waals surface area (Å²) in [6, 6.07) is 94.7. The average molecular weight is 1100 g/mol. The number of nitrogens with zero attached hydrogens (tertiary/aromatic N) is 2. The lowest BCUT2D eigenvalue weighted by atomic mass is 9.74. The van der Waals surface area contributed by atoms with E-state index in [1.54, 1.807) is 0 Å². The first-order valence-electron chi connectivity index (χ1n) is 31.4. The summed E-state index contributed by atoms with van der Waals surface area (Å²) in [5.74, 6) is 1.02. The molecular formula is C84H62N2. The molecule has 2 atom stereocenters. The van der Waals surface area contributed by atoms with Crippen molar-refractivity contribution in [1.82, 2.24) is 0 Å². The molecule has 2 nitrogen and oxygen atoms in total. The highest BCUT2D eigenvalue weighted by Gasteiger charge is 2.52. The van der Waals surface area contributed by atoms with Crippen LogP contribution in [0.25, 0.3) is 66.1 Å². The number of benzene rings is 12. The average Bonchev–Trinajstić information content (AvgIpc) is 1.50. The van der Waals surface area contributed by atoms with Gasteiger partial charge in [0.1, 0.15) is 0 Å². The Kier molecular flexibility index (Phi) is 10.4. The Morgan fingerprint density at radius 1 is 0.291 bits per heavy atom. The van der Waals surface area contributed by atoms with Gasteiger partial charge in [-0.05, 0) is 246 Å². The number of aryl methyl sites for hydroxylation is 4. The molecule has 2 heteroatoms. The van der Waals surface area contributed by atoms with Crippen molar-refractivity contribution in [1.29, 1.82) is 0 Å². The van der Waals surface area contributed by atoms with Crippen molar-refractivity contribution in [3.05, 3.63) is 323 Å². The zero-order valence-corrected chi connectivity index (χ0v) is 48.1. The summed E-state index contributed by atoms with van der Waals surface area (Å²) >= 11 is 0. The van der Waals surface area contributed by atoms with Gasteiger partial charge in [0.05, 0.1) is 0 Å². The van der Waals surface area contributed by atoms with Crippen molar-refractivity contribution in [2.75, 3.05) is 9.80 Å². The number of para-hydroxylation sites is 4. The van der Waals surface area contributed by atoms with Gasteiger partial charge in [0, 0.05) is 45.0 Å². The highest BCUT2D eigenvalue weighted by atomic mass is 15.2. The first-order chi connectivity index (χ1) is 42.6. The molecule has 0 saturated heterocycles. The molecule has 1 fully saturated rings. The number of fused-ring (bicyclic) bond motifs is 18. The molecule has 1 saturated carbocycles. The van der Waals surface area contributed by atoms with E-state index in [1.807, 2.05) is 0 Å². The number of allylic oxidation sites excluding steroid dienone is 4. The van der Waals surface area contributed by atoms with E-state index in [0.29, 0.717) is 11.8 Å². The fourth-order valence-electron chi connectivity index (χ4n) is 17.9. The van der Waals surface area contributed by atoms with Gasteiger partial charge in [-0.2, -0.15) is 0 Å². The van der Waals surface area contributed by atoms with Crippen LogP contribution in [0, 0.1) is 11.8 Å². The van der Waals surface area contributed by atoms with Gasteiger partial charge in [0.2, 0.25) is 0 Å². The van der Waals surface area contributed by atoms with E-state index in [2.05, 4.69) is 277 Å². The van der Waals surface area contributed by atoms with E-state index in [4.69, 9.17) is 0 Å². The van der Waals surface area contributed by atoms with Gasteiger partial charge in [-0.1, -0.05) is 206 Å². The first kappa shape index (κ1) is 48.6. The van der Waals surface area contributed by atoms with Crippen molar-refractivity contribution in [2.24, 2.45) is 11.8 Å². The third-order valence-electron chi connectivity index (χ3n) is 21.6. The maximum Gasteiger partial charge on any atom is 0.0493 e. The van der Waals surface area contributed by atoms with Crippen LogP contribution in [-0.4, -0.2) is 0 Å². The molecule has 2 heterocycles. The van der Waals surface area contributed by atoms with Crippen LogP contribution in [0.5, 0.6) is 0 Å². The maximum atomic E-state index is 2.67. The van der Waals surface area contributed by atoms with Crippen LogP contribution in [0.4, 0.5) is 34.1 Å². The van der Waals surface area contributed by atoms with E-state index in [1.165, 1.54) is 156 Å². The van der Waals surface area contributed by atoms with Gasteiger partial charge < -0.3 is 9.80 Å². The fourth-order valence-corrected chi connectivity index (χ4v) is 17.9. The number of rotatable bonds is 4. The molecule has 408 valence electrons. The third-order valence-corrected chi connectivity index (χ3v) is 21.6. The summed E-state index contributed by atoms with van der Waals surface area (Å²) < 4.78 is 0. The summed E-state index contributed by atoms with van der Waals surface area (Å²) in [6.45, 7) is 0. The number of hydrogen-bond acceptors (Lipinski definition) is 2. The van der Waals surface area contributed by atoms with Crippen molar-refractivity contribution >= 4 is 55.7 Å². The molecule has 0 bridgehead atoms. The molecule has 12 aromatic carbocycles. The molecule has 2 unspecified atom stereocenters. The Hall–Kier alpha value is -9.76. The van der Waals surface area contributed by atoms with Crippen molar-refractivity contribution < 1.29 is 0 Å². The fraction of sp³-hybridized carbons (Fsp3) is 0.143. The van der Waals surface area contributed by atoms with Gasteiger partial charge >= 0.3 is 0 Å². The molecule has 0 amide bonds. The smallest absolute Gasteiger partial charge is 0.0493 e. The second-order valence-corrected chi connectivity index (χ2v) is 25.8. The minimum atomic E-state index is -0.163. The minimum absolute atomic E-state index is 0.0922. The van der Waals surface area contributed by atoms with Crippen LogP contribution in [0.2, 0.25) is 0 Å². The SMILES string of the molecule is C1=CC2CC3(CC2C=C1)c1ccccc1-c1ccc(-c2c4ccc(N5c6ccccc6CCc6ccccc65)cc4c(-c4ccc5c(c4)C4(Cc6ccccc6C4)c4ccccc4-5)c4ccc(N5c6ccccc6CCc6ccccc65)cc24)cc13. The lowest BCUT2D eigenvalue weighted by Gasteiger charge is -2.30. The van der Waals surface area contributed by atoms with E-state index in [9.17, 15) is 0 Å². The van der Waals surface area contributed by atoms with Gasteiger partial charge in [-0.3, -0.25) is 0 Å². The molecule has 19 rings (SSSR count). The van der Waals surface area contributed by atoms with E-state index in [-0.39, 0.29) is 10.8 Å². The first-order valence-corrected chi connectivity index (χ1v) is 31.4. The predicted molar refractivity (Wildman–Crippen MR) is 357 cm³/mol. The van der Waals surface area contributed by atoms with Crippen LogP contribution in [0.1, 0.15) is 68.5 Å². The Balaban J connectivity index is 0.925. The second-order valence-electron chi connectivity index (χ2n) is 25.8. The van der Waals surface area contributed by atoms with Crippen molar-refractivity contribution in [3.63, 3.8) is 0 Å². The predicted octanol–water partition coefficient (Wildman–Crippen LogP) is 20.9. The molecule has 7 aliphatic rings. The van der Waals surface area contributed by atoms with E-state index in [0.717, 1.165) is 51.4 Å². The molecular weight excluding hydrogens is 1040 g/mol. The molecule has 2 aliphatic heterocycles. The summed E-state index contributed by atoms with van der Waals surface area (Å²) in [4.78, 5) is 5.15. The largest absolute Gasteiger partial charge is 0.310 e. The Morgan fingerprint density at radius 3 is 1.09 bits per heavy atom. The highest BCUT2D eigenvalue weighted by Crippen LogP contribution is 2.63. The Labute approximate surface area is 503 Å². The zero-order chi connectivity index (χ0) is 56.2. The van der Waals surface area contributed by atoms with Gasteiger partial charge in [0.25, 0.3) is 0 Å². The summed E-state index contributed by atoms with van der Waals surface area (Å²) in [5, 5.41) is 5.07. The Morgan fingerprint density at radius 2 is 0.651 bits per heavy atom. The second kappa shape index (κ2) is 18.4. The molecule has 0 N–H and O–H groups in total. The van der Waals surface area contributed by atoms with Crippen molar-refractivity contribution in [3.8, 4) is 44.5 Å². The third kappa shape index (κ3) is 6.90. The van der Waals surface area contributed by atoms with Crippen LogP contribution < -0.4 is 9.80 Å². The summed E-state index contributed by atoms with van der Waals surface area (Å²) in [7, 11) is 0. The van der Waals surface area contributed by atoms with Gasteiger partial charge in [-0.25, -0.2) is 0 Å². The standard InChI is InChI=1S/C84H62N2/c1-2-22-60-50-83(49-59(60)21-1)73-27-11-9-25-65(73)67-41-37-57(45-75(67)83)81-69-43-39-64(86-79-31-15-7-19-55(79)35-36-56-20-8-16-32-80(56)86)48-72(69)82(58-38-42-68-66-26-10-12-28-74(66)84(76(68)46-58)51-61-23-3-4-24-62(61)52-84)70-44-40-63(47-71(70)81)85-77-29-13-5-17-53(77)33-34-54-18-6-14-30-78(54)85/h1-32,37-48,59-60H,33-36,49-52H2. The topological polar surface area (TPSA) is 6.48 Å². The number of hydrogen-bond donors (Lipinski definition) is 0. The van der Waals surface area contributed by atoms with E-state index >= 15 is 0 Å². The summed E-state index contributed by atoms with van der Waals surface area (Å²) in [5.41, 5.74) is 32.1. The molecule has 12 aromatic rings. The molecule has 86 heavy (non-hydrogen) atoms. The van der Waals surface area contributed by atoms with Crippen LogP contribution in [0.3, 0.4) is 0 Å². The van der Waals surface area contributed by atoms with Gasteiger partial charge in [-0.15, -0.1) is 0 Å². The van der Waals surface area contributed by atoms with Crippen LogP contribution >= 0.6 is 0 Å². The maximum absolute atomic E-state index is 2.67. The number of anilines is 6.